The summed E-state index contributed by atoms with van der Waals surface area (Å²) < 4.78 is 0. The van der Waals surface area contributed by atoms with E-state index in [-0.39, 0.29) is 18.2 Å². The van der Waals surface area contributed by atoms with Crippen LogP contribution in [0.3, 0.4) is 0 Å². The Balaban J connectivity index is 1.58. The minimum atomic E-state index is -0.428. The van der Waals surface area contributed by atoms with Crippen molar-refractivity contribution in [2.75, 3.05) is 6.54 Å². The number of amides is 2. The Labute approximate surface area is 163 Å². The van der Waals surface area contributed by atoms with E-state index in [1.165, 1.54) is 0 Å². The summed E-state index contributed by atoms with van der Waals surface area (Å²) in [6.45, 7) is 0.998. The van der Waals surface area contributed by atoms with Crippen LogP contribution < -0.4 is 5.32 Å². The van der Waals surface area contributed by atoms with Crippen LogP contribution in [0.5, 0.6) is 0 Å². The first-order chi connectivity index (χ1) is 13.1. The van der Waals surface area contributed by atoms with Crippen molar-refractivity contribution in [1.82, 2.24) is 10.2 Å². The van der Waals surface area contributed by atoms with Crippen LogP contribution in [0, 0.1) is 11.3 Å². The molecule has 0 spiro atoms. The number of nitriles is 1. The van der Waals surface area contributed by atoms with E-state index in [1.807, 2.05) is 12.1 Å². The van der Waals surface area contributed by atoms with Crippen molar-refractivity contribution in [2.24, 2.45) is 0 Å². The molecule has 1 heterocycles. The van der Waals surface area contributed by atoms with Gasteiger partial charge in [-0.05, 0) is 48.2 Å². The van der Waals surface area contributed by atoms with Crippen LogP contribution in [0.15, 0.2) is 48.5 Å². The molecule has 0 saturated carbocycles. The highest BCUT2D eigenvalue weighted by atomic mass is 35.5. The van der Waals surface area contributed by atoms with Crippen molar-refractivity contribution in [1.29, 1.82) is 5.26 Å². The van der Waals surface area contributed by atoms with Crippen LogP contribution in [0.25, 0.3) is 0 Å². The molecule has 1 fully saturated rings. The summed E-state index contributed by atoms with van der Waals surface area (Å²) in [6, 6.07) is 15.9. The summed E-state index contributed by atoms with van der Waals surface area (Å²) in [5.74, 6) is -0.195. The maximum absolute atomic E-state index is 12.7. The maximum atomic E-state index is 12.7. The molecule has 1 unspecified atom stereocenters. The van der Waals surface area contributed by atoms with Crippen LogP contribution in [0.4, 0.5) is 0 Å². The van der Waals surface area contributed by atoms with E-state index in [2.05, 4.69) is 11.4 Å². The zero-order chi connectivity index (χ0) is 19.2. The molecule has 2 aromatic carbocycles. The summed E-state index contributed by atoms with van der Waals surface area (Å²) in [5.41, 5.74) is 2.36. The molecule has 6 heteroatoms. The van der Waals surface area contributed by atoms with Crippen molar-refractivity contribution < 1.29 is 9.59 Å². The van der Waals surface area contributed by atoms with Crippen LogP contribution in [0.1, 0.15) is 29.5 Å². The minimum Gasteiger partial charge on any atom is -0.350 e. The van der Waals surface area contributed by atoms with Crippen LogP contribution >= 0.6 is 11.6 Å². The van der Waals surface area contributed by atoms with Gasteiger partial charge in [0.05, 0.1) is 18.1 Å². The second kappa shape index (κ2) is 8.70. The first kappa shape index (κ1) is 18.9. The SMILES string of the molecule is N#Cc1ccc(CC(=O)N2CCCC2C(=O)NCc2ccc(Cl)cc2)cc1. The monoisotopic (exact) mass is 381 g/mol. The molecule has 138 valence electrons. The van der Waals surface area contributed by atoms with Gasteiger partial charge in [-0.3, -0.25) is 9.59 Å². The third-order valence-electron chi connectivity index (χ3n) is 4.69. The molecule has 3 rings (SSSR count). The number of likely N-dealkylation sites (tertiary alicyclic amines) is 1. The topological polar surface area (TPSA) is 73.2 Å². The molecule has 5 nitrogen and oxygen atoms in total. The third-order valence-corrected chi connectivity index (χ3v) is 4.95. The van der Waals surface area contributed by atoms with E-state index < -0.39 is 6.04 Å². The lowest BCUT2D eigenvalue weighted by atomic mass is 10.1. The van der Waals surface area contributed by atoms with E-state index in [1.54, 1.807) is 41.3 Å². The summed E-state index contributed by atoms with van der Waals surface area (Å²) in [7, 11) is 0. The van der Waals surface area contributed by atoms with Gasteiger partial charge in [0.15, 0.2) is 0 Å². The molecule has 1 aliphatic heterocycles. The normalized spacial score (nSPS) is 16.0. The Morgan fingerprint density at radius 1 is 1.11 bits per heavy atom. The van der Waals surface area contributed by atoms with E-state index in [4.69, 9.17) is 16.9 Å². The van der Waals surface area contributed by atoms with Crippen molar-refractivity contribution in [3.05, 3.63) is 70.2 Å². The number of hydrogen-bond acceptors (Lipinski definition) is 3. The number of carbonyl (C=O) groups is 2. The average molecular weight is 382 g/mol. The number of halogens is 1. The molecule has 2 aromatic rings. The lowest BCUT2D eigenvalue weighted by Gasteiger charge is -2.24. The average Bonchev–Trinajstić information content (AvgIpc) is 3.18. The highest BCUT2D eigenvalue weighted by molar-refractivity contribution is 6.30. The largest absolute Gasteiger partial charge is 0.350 e. The van der Waals surface area contributed by atoms with Gasteiger partial charge in [-0.1, -0.05) is 35.9 Å². The zero-order valence-corrected chi connectivity index (χ0v) is 15.6. The van der Waals surface area contributed by atoms with Crippen LogP contribution in [-0.2, 0) is 22.6 Å². The lowest BCUT2D eigenvalue weighted by molar-refractivity contribution is -0.138. The first-order valence-electron chi connectivity index (χ1n) is 8.87. The fourth-order valence-corrected chi connectivity index (χ4v) is 3.35. The zero-order valence-electron chi connectivity index (χ0n) is 14.8. The van der Waals surface area contributed by atoms with E-state index in [0.29, 0.717) is 30.1 Å². The fourth-order valence-electron chi connectivity index (χ4n) is 3.22. The Morgan fingerprint density at radius 2 is 1.78 bits per heavy atom. The Hall–Kier alpha value is -2.84. The highest BCUT2D eigenvalue weighted by Crippen LogP contribution is 2.19. The predicted octanol–water partition coefficient (Wildman–Crippen LogP) is 3.06. The van der Waals surface area contributed by atoms with Crippen LogP contribution in [0.2, 0.25) is 5.02 Å². The summed E-state index contributed by atoms with van der Waals surface area (Å²) in [5, 5.41) is 12.4. The molecular weight excluding hydrogens is 362 g/mol. The molecule has 1 atom stereocenters. The van der Waals surface area contributed by atoms with Gasteiger partial charge >= 0.3 is 0 Å². The quantitative estimate of drug-likeness (QED) is 0.865. The summed E-state index contributed by atoms with van der Waals surface area (Å²) in [6.07, 6.45) is 1.72. The van der Waals surface area contributed by atoms with E-state index in [0.717, 1.165) is 17.5 Å². The number of benzene rings is 2. The van der Waals surface area contributed by atoms with Gasteiger partial charge < -0.3 is 10.2 Å². The number of nitrogens with zero attached hydrogens (tertiary/aromatic N) is 2. The van der Waals surface area contributed by atoms with Crippen molar-refractivity contribution in [2.45, 2.75) is 31.8 Å². The molecule has 0 radical (unpaired) electrons. The maximum Gasteiger partial charge on any atom is 0.243 e. The van der Waals surface area contributed by atoms with E-state index >= 15 is 0 Å². The standard InChI is InChI=1S/C21H20ClN3O2/c22-18-9-7-17(8-10-18)14-24-21(27)19-2-1-11-25(19)20(26)12-15-3-5-16(13-23)6-4-15/h3-10,19H,1-2,11-12,14H2,(H,24,27). The number of carbonyl (C=O) groups excluding carboxylic acids is 2. The van der Waals surface area contributed by atoms with Gasteiger partial charge in [0.25, 0.3) is 0 Å². The van der Waals surface area contributed by atoms with Gasteiger partial charge in [0, 0.05) is 18.1 Å². The molecule has 1 saturated heterocycles. The molecule has 0 aromatic heterocycles. The van der Waals surface area contributed by atoms with Crippen molar-refractivity contribution in [3.63, 3.8) is 0 Å². The van der Waals surface area contributed by atoms with Crippen LogP contribution in [-0.4, -0.2) is 29.3 Å². The molecule has 1 N–H and O–H groups in total. The van der Waals surface area contributed by atoms with Gasteiger partial charge in [0.1, 0.15) is 6.04 Å². The number of rotatable bonds is 5. The molecule has 2 amide bonds. The van der Waals surface area contributed by atoms with Gasteiger partial charge in [-0.2, -0.15) is 5.26 Å². The molecular formula is C21H20ClN3O2. The number of hydrogen-bond donors (Lipinski definition) is 1. The highest BCUT2D eigenvalue weighted by Gasteiger charge is 2.33. The predicted molar refractivity (Wildman–Crippen MR) is 103 cm³/mol. The molecule has 0 aliphatic carbocycles. The molecule has 1 aliphatic rings. The first-order valence-corrected chi connectivity index (χ1v) is 9.25. The molecule has 27 heavy (non-hydrogen) atoms. The van der Waals surface area contributed by atoms with Crippen molar-refractivity contribution >= 4 is 23.4 Å². The third kappa shape index (κ3) is 4.87. The van der Waals surface area contributed by atoms with Gasteiger partial charge in [-0.25, -0.2) is 0 Å². The number of nitrogens with one attached hydrogen (secondary N) is 1. The Bertz CT molecular complexity index is 856. The summed E-state index contributed by atoms with van der Waals surface area (Å²) in [4.78, 5) is 26.9. The Kier molecular flexibility index (Phi) is 6.10. The smallest absolute Gasteiger partial charge is 0.243 e. The minimum absolute atomic E-state index is 0.0659. The van der Waals surface area contributed by atoms with Gasteiger partial charge in [0.2, 0.25) is 11.8 Å². The lowest BCUT2D eigenvalue weighted by Crippen LogP contribution is -2.46. The second-order valence-corrected chi connectivity index (χ2v) is 7.01. The fraction of sp³-hybridized carbons (Fsp3) is 0.286. The van der Waals surface area contributed by atoms with E-state index in [9.17, 15) is 9.59 Å². The Morgan fingerprint density at radius 3 is 2.44 bits per heavy atom. The second-order valence-electron chi connectivity index (χ2n) is 6.57. The van der Waals surface area contributed by atoms with Gasteiger partial charge in [-0.15, -0.1) is 0 Å². The molecule has 0 bridgehead atoms. The summed E-state index contributed by atoms with van der Waals surface area (Å²) >= 11 is 5.87. The van der Waals surface area contributed by atoms with Crippen molar-refractivity contribution in [3.8, 4) is 6.07 Å².